The molecule has 0 aromatic rings. The van der Waals surface area contributed by atoms with Gasteiger partial charge >= 0.3 is 10.1 Å². The largest absolute Gasteiger partial charge is 0.391 e. The minimum absolute atomic E-state index is 0.0953. The normalized spacial score (nSPS) is 12.1. The summed E-state index contributed by atoms with van der Waals surface area (Å²) in [4.78, 5) is 0. The van der Waals surface area contributed by atoms with Gasteiger partial charge in [0.25, 0.3) is 0 Å². The van der Waals surface area contributed by atoms with Crippen LogP contribution in [0.15, 0.2) is 12.3 Å². The van der Waals surface area contributed by atoms with E-state index in [-0.39, 0.29) is 12.4 Å². The first-order valence-corrected chi connectivity index (χ1v) is 15.8. The minimum Gasteiger partial charge on any atom is -0.391 e. The summed E-state index contributed by atoms with van der Waals surface area (Å²) in [7, 11) is -3.44. The summed E-state index contributed by atoms with van der Waals surface area (Å²) in [5, 5.41) is 0. The highest BCUT2D eigenvalue weighted by atomic mass is 32.2. The average molecular weight is 491 g/mol. The van der Waals surface area contributed by atoms with Gasteiger partial charge < -0.3 is 4.18 Å². The molecule has 3 nitrogen and oxygen atoms in total. The van der Waals surface area contributed by atoms with Crippen LogP contribution in [-0.4, -0.2) is 20.8 Å². The van der Waals surface area contributed by atoms with Crippen molar-refractivity contribution in [2.75, 3.05) is 12.4 Å². The van der Waals surface area contributed by atoms with Crippen LogP contribution >= 0.6 is 0 Å². The molecule has 0 aromatic heterocycles. The number of hydrogen-bond acceptors (Lipinski definition) is 3. The molecule has 0 spiro atoms. The number of unbranched alkanes of at least 4 members (excludes halogenated alkanes) is 21. The van der Waals surface area contributed by atoms with Crippen molar-refractivity contribution in [1.29, 1.82) is 0 Å². The van der Waals surface area contributed by atoms with Crippen LogP contribution in [0.5, 0.6) is 0 Å². The van der Waals surface area contributed by atoms with E-state index >= 15 is 0 Å². The molecule has 0 saturated carbocycles. The van der Waals surface area contributed by atoms with Crippen LogP contribution in [0, 0.1) is 0 Å². The standard InChI is InChI=1S/C28H55FO3S/c1-2-3-4-5-6-7-8-9-10-11-12-13-15-18-21-24-27-32-33(30,31)28-25-22-19-16-14-17-20-23-26-29/h24,27H,2-23,25-26,28H2,1H3. The van der Waals surface area contributed by atoms with Crippen LogP contribution in [0.2, 0.25) is 0 Å². The third kappa shape index (κ3) is 27.5. The van der Waals surface area contributed by atoms with Crippen molar-refractivity contribution in [2.45, 2.75) is 155 Å². The second kappa shape index (κ2) is 26.0. The molecule has 198 valence electrons. The molecule has 0 radical (unpaired) electrons. The van der Waals surface area contributed by atoms with Gasteiger partial charge in [0.15, 0.2) is 0 Å². The Hall–Kier alpha value is -0.580. The first-order valence-electron chi connectivity index (χ1n) is 14.2. The molecule has 0 aliphatic carbocycles. The van der Waals surface area contributed by atoms with E-state index in [4.69, 9.17) is 4.18 Å². The van der Waals surface area contributed by atoms with Crippen LogP contribution in [-0.2, 0) is 14.3 Å². The molecule has 0 heterocycles. The lowest BCUT2D eigenvalue weighted by atomic mass is 10.0. The van der Waals surface area contributed by atoms with Gasteiger partial charge in [-0.15, -0.1) is 0 Å². The van der Waals surface area contributed by atoms with Crippen LogP contribution in [0.25, 0.3) is 0 Å². The lowest BCUT2D eigenvalue weighted by Gasteiger charge is -2.04. The zero-order chi connectivity index (χ0) is 24.3. The Kier molecular flexibility index (Phi) is 25.6. The van der Waals surface area contributed by atoms with Gasteiger partial charge in [-0.2, -0.15) is 8.42 Å². The lowest BCUT2D eigenvalue weighted by Crippen LogP contribution is -2.07. The fraction of sp³-hybridized carbons (Fsp3) is 0.929. The van der Waals surface area contributed by atoms with Crippen molar-refractivity contribution >= 4 is 10.1 Å². The maximum Gasteiger partial charge on any atom is 0.308 e. The topological polar surface area (TPSA) is 43.4 Å². The maximum absolute atomic E-state index is 12.0. The van der Waals surface area contributed by atoms with Gasteiger partial charge in [0.05, 0.1) is 12.4 Å². The Morgan fingerprint density at radius 3 is 1.42 bits per heavy atom. The molecule has 0 fully saturated rings. The smallest absolute Gasteiger partial charge is 0.308 e. The van der Waals surface area contributed by atoms with Crippen molar-refractivity contribution < 1.29 is 17.0 Å². The van der Waals surface area contributed by atoms with E-state index in [1.165, 1.54) is 89.7 Å². The summed E-state index contributed by atoms with van der Waals surface area (Å²) in [5.74, 6) is 0.0953. The molecule has 0 N–H and O–H groups in total. The van der Waals surface area contributed by atoms with Gasteiger partial charge in [-0.3, -0.25) is 4.39 Å². The quantitative estimate of drug-likeness (QED) is 0.0653. The Morgan fingerprint density at radius 1 is 0.576 bits per heavy atom. The molecule has 0 bridgehead atoms. The molecule has 0 aromatic carbocycles. The summed E-state index contributed by atoms with van der Waals surface area (Å²) in [6, 6.07) is 0. The van der Waals surface area contributed by atoms with E-state index in [0.717, 1.165) is 51.4 Å². The molecule has 0 unspecified atom stereocenters. The van der Waals surface area contributed by atoms with Crippen molar-refractivity contribution in [1.82, 2.24) is 0 Å². The molecule has 0 rings (SSSR count). The Labute approximate surface area is 206 Å². The van der Waals surface area contributed by atoms with E-state index in [2.05, 4.69) is 6.92 Å². The maximum atomic E-state index is 12.0. The van der Waals surface area contributed by atoms with Crippen LogP contribution < -0.4 is 0 Å². The molecule has 0 amide bonds. The number of alkyl halides is 1. The fourth-order valence-corrected chi connectivity index (χ4v) is 5.03. The number of hydrogen-bond donors (Lipinski definition) is 0. The lowest BCUT2D eigenvalue weighted by molar-refractivity contribution is 0.438. The Bertz CT molecular complexity index is 505. The van der Waals surface area contributed by atoms with Crippen molar-refractivity contribution in [3.63, 3.8) is 0 Å². The Balaban J connectivity index is 3.36. The highest BCUT2D eigenvalue weighted by Gasteiger charge is 2.08. The number of halogens is 1. The first kappa shape index (κ1) is 32.4. The van der Waals surface area contributed by atoms with E-state index in [1.807, 2.05) is 6.08 Å². The Morgan fingerprint density at radius 2 is 0.970 bits per heavy atom. The average Bonchev–Trinajstić information content (AvgIpc) is 2.80. The molecule has 5 heteroatoms. The van der Waals surface area contributed by atoms with Gasteiger partial charge in [-0.05, 0) is 31.8 Å². The van der Waals surface area contributed by atoms with Crippen LogP contribution in [0.3, 0.4) is 0 Å². The predicted octanol–water partition coefficient (Wildman–Crippen LogP) is 9.81. The fourth-order valence-electron chi connectivity index (χ4n) is 4.13. The van der Waals surface area contributed by atoms with E-state index in [1.54, 1.807) is 0 Å². The zero-order valence-electron chi connectivity index (χ0n) is 21.8. The summed E-state index contributed by atoms with van der Waals surface area (Å²) in [6.45, 7) is 2.05. The van der Waals surface area contributed by atoms with E-state index in [9.17, 15) is 12.8 Å². The van der Waals surface area contributed by atoms with Gasteiger partial charge in [-0.25, -0.2) is 0 Å². The van der Waals surface area contributed by atoms with E-state index < -0.39 is 10.1 Å². The van der Waals surface area contributed by atoms with E-state index in [0.29, 0.717) is 12.8 Å². The molecule has 0 aliphatic rings. The summed E-state index contributed by atoms with van der Waals surface area (Å²) in [6.07, 6.45) is 30.5. The molecule has 0 saturated heterocycles. The van der Waals surface area contributed by atoms with Gasteiger partial charge in [0, 0.05) is 0 Å². The molecule has 0 atom stereocenters. The predicted molar refractivity (Wildman–Crippen MR) is 142 cm³/mol. The van der Waals surface area contributed by atoms with Crippen molar-refractivity contribution in [2.24, 2.45) is 0 Å². The van der Waals surface area contributed by atoms with Gasteiger partial charge in [-0.1, -0.05) is 129 Å². The van der Waals surface area contributed by atoms with Gasteiger partial charge in [0.1, 0.15) is 6.26 Å². The highest BCUT2D eigenvalue weighted by molar-refractivity contribution is 7.86. The third-order valence-electron chi connectivity index (χ3n) is 6.30. The highest BCUT2D eigenvalue weighted by Crippen LogP contribution is 2.14. The summed E-state index contributed by atoms with van der Waals surface area (Å²) >= 11 is 0. The van der Waals surface area contributed by atoms with Gasteiger partial charge in [0.2, 0.25) is 0 Å². The third-order valence-corrected chi connectivity index (χ3v) is 7.49. The molecule has 0 aliphatic heterocycles. The minimum atomic E-state index is -3.44. The second-order valence-electron chi connectivity index (χ2n) is 9.63. The SMILES string of the molecule is CCCCCCCCCCCCCCCCC=COS(=O)(=O)CCCCCCCCCCF. The monoisotopic (exact) mass is 490 g/mol. The first-order chi connectivity index (χ1) is 16.1. The number of allylic oxidation sites excluding steroid dienone is 1. The summed E-state index contributed by atoms with van der Waals surface area (Å²) in [5.41, 5.74) is 0. The molecular formula is C28H55FO3S. The zero-order valence-corrected chi connectivity index (χ0v) is 22.7. The van der Waals surface area contributed by atoms with Crippen LogP contribution in [0.4, 0.5) is 4.39 Å². The molecular weight excluding hydrogens is 435 g/mol. The molecule has 33 heavy (non-hydrogen) atoms. The number of rotatable bonds is 27. The second-order valence-corrected chi connectivity index (χ2v) is 11.3. The van der Waals surface area contributed by atoms with Crippen molar-refractivity contribution in [3.8, 4) is 0 Å². The van der Waals surface area contributed by atoms with Crippen LogP contribution in [0.1, 0.15) is 155 Å². The van der Waals surface area contributed by atoms with Crippen molar-refractivity contribution in [3.05, 3.63) is 12.3 Å². The summed E-state index contributed by atoms with van der Waals surface area (Å²) < 4.78 is 40.7.